The van der Waals surface area contributed by atoms with Crippen LogP contribution in [0.4, 0.5) is 13.2 Å². The molecule has 1 aromatic heterocycles. The van der Waals surface area contributed by atoms with E-state index in [9.17, 15) is 21.6 Å². The van der Waals surface area contributed by atoms with E-state index in [0.717, 1.165) is 42.8 Å². The summed E-state index contributed by atoms with van der Waals surface area (Å²) in [6, 6.07) is 9.36. The zero-order chi connectivity index (χ0) is 22.2. The maximum Gasteiger partial charge on any atom is 0.573 e. The number of hydrogen-bond donors (Lipinski definition) is 1. The highest BCUT2D eigenvalue weighted by atomic mass is 32.2. The molecule has 2 heterocycles. The molecule has 1 N–H and O–H groups in total. The monoisotopic (exact) mass is 453 g/mol. The Hall–Kier alpha value is -3.05. The van der Waals surface area contributed by atoms with Gasteiger partial charge in [-0.15, -0.1) is 13.2 Å². The van der Waals surface area contributed by atoms with E-state index >= 15 is 0 Å². The lowest BCUT2D eigenvalue weighted by atomic mass is 10.0. The summed E-state index contributed by atoms with van der Waals surface area (Å²) in [6.45, 7) is 0.778. The summed E-state index contributed by atoms with van der Waals surface area (Å²) < 4.78 is 75.6. The number of aromatic nitrogens is 2. The van der Waals surface area contributed by atoms with Crippen LogP contribution >= 0.6 is 0 Å². The van der Waals surface area contributed by atoms with Crippen LogP contribution in [0.25, 0.3) is 11.1 Å². The van der Waals surface area contributed by atoms with E-state index in [2.05, 4.69) is 14.6 Å². The molecule has 0 aliphatic carbocycles. The number of aryl methyl sites for hydroxylation is 1. The van der Waals surface area contributed by atoms with Crippen molar-refractivity contribution in [2.75, 3.05) is 7.05 Å². The summed E-state index contributed by atoms with van der Waals surface area (Å²) in [5.41, 5.74) is 2.24. The van der Waals surface area contributed by atoms with Crippen LogP contribution in [-0.4, -0.2) is 31.6 Å². The van der Waals surface area contributed by atoms with Gasteiger partial charge < -0.3 is 9.47 Å². The van der Waals surface area contributed by atoms with Gasteiger partial charge in [-0.05, 0) is 62.4 Å². The van der Waals surface area contributed by atoms with Crippen molar-refractivity contribution in [2.45, 2.75) is 30.6 Å². The molecule has 2 aromatic carbocycles. The average Bonchev–Trinajstić information content (AvgIpc) is 3.32. The maximum atomic E-state index is 12.4. The molecule has 4 rings (SSSR count). The van der Waals surface area contributed by atoms with E-state index in [1.54, 1.807) is 6.20 Å². The Balaban J connectivity index is 1.72. The van der Waals surface area contributed by atoms with Crippen molar-refractivity contribution in [2.24, 2.45) is 0 Å². The quantitative estimate of drug-likeness (QED) is 0.608. The second-order valence-electron chi connectivity index (χ2n) is 6.82. The van der Waals surface area contributed by atoms with Crippen molar-refractivity contribution < 1.29 is 31.1 Å². The molecule has 3 aromatic rings. The molecule has 164 valence electrons. The average molecular weight is 453 g/mol. The minimum absolute atomic E-state index is 0.0595. The number of halogens is 3. The van der Waals surface area contributed by atoms with Crippen molar-refractivity contribution in [3.8, 4) is 28.4 Å². The summed E-state index contributed by atoms with van der Waals surface area (Å²) in [5, 5.41) is 4.35. The van der Waals surface area contributed by atoms with Gasteiger partial charge in [-0.25, -0.2) is 13.1 Å². The van der Waals surface area contributed by atoms with Gasteiger partial charge >= 0.3 is 6.36 Å². The predicted octanol–water partition coefficient (Wildman–Crippen LogP) is 4.10. The molecule has 0 atom stereocenters. The van der Waals surface area contributed by atoms with Gasteiger partial charge in [0, 0.05) is 23.4 Å². The fourth-order valence-corrected chi connectivity index (χ4v) is 4.17. The Bertz CT molecular complexity index is 1210. The number of hydrogen-bond acceptors (Lipinski definition) is 5. The summed E-state index contributed by atoms with van der Waals surface area (Å²) in [5.74, 6) is 0.246. The maximum absolute atomic E-state index is 12.4. The summed E-state index contributed by atoms with van der Waals surface area (Å²) in [7, 11) is -2.37. The Morgan fingerprint density at radius 1 is 1.06 bits per heavy atom. The first-order valence-electron chi connectivity index (χ1n) is 9.32. The minimum atomic E-state index is -4.78. The molecule has 31 heavy (non-hydrogen) atoms. The number of sulfonamides is 1. The van der Waals surface area contributed by atoms with Crippen LogP contribution in [0.1, 0.15) is 12.1 Å². The Labute approximate surface area is 176 Å². The fourth-order valence-electron chi connectivity index (χ4n) is 3.42. The molecule has 1 aliphatic heterocycles. The first-order chi connectivity index (χ1) is 14.7. The third-order valence-corrected chi connectivity index (χ3v) is 6.25. The Morgan fingerprint density at radius 3 is 2.45 bits per heavy atom. The molecule has 0 spiro atoms. The highest BCUT2D eigenvalue weighted by Crippen LogP contribution is 2.39. The standard InChI is InChI=1S/C20H18F3N3O4S/c1-24-31(27,28)15-8-9-19(16(11-15)17-12-25-26-10-2-3-18(17)26)29-13-4-6-14(7-5-13)30-20(21,22)23/h4-9,11-12,24H,2-3,10H2,1H3. The molecule has 0 radical (unpaired) electrons. The van der Waals surface area contributed by atoms with Crippen molar-refractivity contribution in [3.63, 3.8) is 0 Å². The van der Waals surface area contributed by atoms with Crippen LogP contribution in [0.3, 0.4) is 0 Å². The second-order valence-corrected chi connectivity index (χ2v) is 8.70. The smallest absolute Gasteiger partial charge is 0.457 e. The molecule has 0 amide bonds. The fraction of sp³-hybridized carbons (Fsp3) is 0.250. The molecule has 7 nitrogen and oxygen atoms in total. The van der Waals surface area contributed by atoms with E-state index in [1.165, 1.54) is 37.4 Å². The number of alkyl halides is 3. The first-order valence-corrected chi connectivity index (χ1v) is 10.8. The lowest BCUT2D eigenvalue weighted by Gasteiger charge is -2.14. The normalized spacial score (nSPS) is 13.8. The number of fused-ring (bicyclic) bond motifs is 1. The van der Waals surface area contributed by atoms with Crippen LogP contribution in [0.15, 0.2) is 53.6 Å². The topological polar surface area (TPSA) is 82.5 Å². The molecule has 0 saturated heterocycles. The summed E-state index contributed by atoms with van der Waals surface area (Å²) in [6.07, 6.45) is -1.40. The van der Waals surface area contributed by atoms with E-state index in [0.29, 0.717) is 11.3 Å². The molecule has 11 heteroatoms. The zero-order valence-corrected chi connectivity index (χ0v) is 17.1. The van der Waals surface area contributed by atoms with Crippen LogP contribution in [0.2, 0.25) is 0 Å². The van der Waals surface area contributed by atoms with Crippen LogP contribution in [0, 0.1) is 0 Å². The van der Waals surface area contributed by atoms with Crippen molar-refractivity contribution in [1.29, 1.82) is 0 Å². The largest absolute Gasteiger partial charge is 0.573 e. The molecule has 0 saturated carbocycles. The van der Waals surface area contributed by atoms with Gasteiger partial charge in [0.05, 0.1) is 11.1 Å². The molecule has 0 bridgehead atoms. The molecular formula is C20H18F3N3O4S. The number of rotatable bonds is 6. The van der Waals surface area contributed by atoms with Crippen molar-refractivity contribution in [1.82, 2.24) is 14.5 Å². The third-order valence-electron chi connectivity index (χ3n) is 4.84. The van der Waals surface area contributed by atoms with Crippen LogP contribution in [-0.2, 0) is 23.0 Å². The predicted molar refractivity (Wildman–Crippen MR) is 105 cm³/mol. The van der Waals surface area contributed by atoms with E-state index < -0.39 is 16.4 Å². The number of benzene rings is 2. The second kappa shape index (κ2) is 7.89. The Morgan fingerprint density at radius 2 is 1.77 bits per heavy atom. The highest BCUT2D eigenvalue weighted by molar-refractivity contribution is 7.89. The van der Waals surface area contributed by atoms with Gasteiger partial charge in [0.25, 0.3) is 0 Å². The first kappa shape index (κ1) is 21.2. The van der Waals surface area contributed by atoms with Crippen LogP contribution in [0.5, 0.6) is 17.2 Å². The van der Waals surface area contributed by atoms with Gasteiger partial charge in [0.2, 0.25) is 10.0 Å². The van der Waals surface area contributed by atoms with Crippen molar-refractivity contribution >= 4 is 10.0 Å². The van der Waals surface area contributed by atoms with Gasteiger partial charge in [-0.3, -0.25) is 4.68 Å². The molecule has 0 unspecified atom stereocenters. The molecule has 1 aliphatic rings. The zero-order valence-electron chi connectivity index (χ0n) is 16.3. The lowest BCUT2D eigenvalue weighted by molar-refractivity contribution is -0.274. The number of nitrogens with zero attached hydrogens (tertiary/aromatic N) is 2. The third kappa shape index (κ3) is 4.52. The highest BCUT2D eigenvalue weighted by Gasteiger charge is 2.31. The van der Waals surface area contributed by atoms with Gasteiger partial charge in [-0.1, -0.05) is 0 Å². The minimum Gasteiger partial charge on any atom is -0.457 e. The SMILES string of the molecule is CNS(=O)(=O)c1ccc(Oc2ccc(OC(F)(F)F)cc2)c(-c2cnn3c2CCC3)c1. The summed E-state index contributed by atoms with van der Waals surface area (Å²) >= 11 is 0. The molecule has 0 fully saturated rings. The van der Waals surface area contributed by atoms with E-state index in [1.807, 2.05) is 4.68 Å². The Kier molecular flexibility index (Phi) is 5.40. The van der Waals surface area contributed by atoms with Gasteiger partial charge in [0.1, 0.15) is 17.2 Å². The van der Waals surface area contributed by atoms with Gasteiger partial charge in [-0.2, -0.15) is 5.10 Å². The van der Waals surface area contributed by atoms with E-state index in [-0.39, 0.29) is 16.4 Å². The van der Waals surface area contributed by atoms with Crippen LogP contribution < -0.4 is 14.2 Å². The summed E-state index contributed by atoms with van der Waals surface area (Å²) in [4.78, 5) is 0.0595. The van der Waals surface area contributed by atoms with Gasteiger partial charge in [0.15, 0.2) is 0 Å². The lowest BCUT2D eigenvalue weighted by Crippen LogP contribution is -2.18. The van der Waals surface area contributed by atoms with E-state index in [4.69, 9.17) is 4.74 Å². The van der Waals surface area contributed by atoms with Crippen molar-refractivity contribution in [3.05, 3.63) is 54.4 Å². The number of nitrogens with one attached hydrogen (secondary N) is 1. The molecular weight excluding hydrogens is 435 g/mol. The number of ether oxygens (including phenoxy) is 2.